The molecule has 1 aliphatic rings. The van der Waals surface area contributed by atoms with Crippen molar-refractivity contribution in [3.8, 4) is 0 Å². The number of carbonyl (C=O) groups is 1. The molecule has 0 saturated carbocycles. The second kappa shape index (κ2) is 4.49. The van der Waals surface area contributed by atoms with Gasteiger partial charge in [0.05, 0.1) is 12.1 Å². The van der Waals surface area contributed by atoms with Crippen molar-refractivity contribution in [1.29, 1.82) is 0 Å². The number of ketones is 1. The largest absolute Gasteiger partial charge is 0.307 e. The van der Waals surface area contributed by atoms with Gasteiger partial charge in [0.25, 0.3) is 5.56 Å². The number of nitrogens with zero attached hydrogens (tertiary/aromatic N) is 2. The van der Waals surface area contributed by atoms with Gasteiger partial charge in [0, 0.05) is 34.8 Å². The van der Waals surface area contributed by atoms with Gasteiger partial charge in [0.2, 0.25) is 0 Å². The van der Waals surface area contributed by atoms with Crippen LogP contribution in [-0.4, -0.2) is 15.3 Å². The van der Waals surface area contributed by atoms with E-state index in [4.69, 9.17) is 0 Å². The maximum absolute atomic E-state index is 12.0. The van der Waals surface area contributed by atoms with Crippen LogP contribution in [-0.2, 0) is 13.0 Å². The van der Waals surface area contributed by atoms with Gasteiger partial charge in [-0.05, 0) is 18.9 Å². The summed E-state index contributed by atoms with van der Waals surface area (Å²) in [6.07, 6.45) is 3.99. The predicted octanol–water partition coefficient (Wildman–Crippen LogP) is 1.87. The lowest BCUT2D eigenvalue weighted by Gasteiger charge is -2.19. The van der Waals surface area contributed by atoms with Crippen LogP contribution in [0.4, 0.5) is 0 Å². The number of hydrogen-bond acceptors (Lipinski definition) is 4. The summed E-state index contributed by atoms with van der Waals surface area (Å²) in [5.74, 6) is 0.148. The zero-order valence-corrected chi connectivity index (χ0v) is 10.6. The van der Waals surface area contributed by atoms with Crippen LogP contribution in [0.25, 0.3) is 0 Å². The Kier molecular flexibility index (Phi) is 2.83. The van der Waals surface area contributed by atoms with Crippen LogP contribution in [0, 0.1) is 0 Å². The highest BCUT2D eigenvalue weighted by molar-refractivity contribution is 7.09. The highest BCUT2D eigenvalue weighted by Gasteiger charge is 2.20. The quantitative estimate of drug-likeness (QED) is 0.828. The molecule has 0 unspecified atom stereocenters. The number of thiazole rings is 1. The summed E-state index contributed by atoms with van der Waals surface area (Å²) in [6.45, 7) is 0.514. The van der Waals surface area contributed by atoms with Crippen molar-refractivity contribution in [3.05, 3.63) is 50.3 Å². The summed E-state index contributed by atoms with van der Waals surface area (Å²) in [7, 11) is 0. The van der Waals surface area contributed by atoms with E-state index in [0.29, 0.717) is 18.5 Å². The van der Waals surface area contributed by atoms with E-state index in [9.17, 15) is 9.59 Å². The number of rotatable bonds is 2. The Hall–Kier alpha value is -1.75. The molecule has 4 nitrogen and oxygen atoms in total. The second-order valence-corrected chi connectivity index (χ2v) is 5.33. The molecule has 0 spiro atoms. The van der Waals surface area contributed by atoms with Crippen LogP contribution in [0.5, 0.6) is 0 Å². The van der Waals surface area contributed by atoms with E-state index in [1.807, 2.05) is 0 Å². The molecule has 2 heterocycles. The van der Waals surface area contributed by atoms with Crippen LogP contribution in [0.3, 0.4) is 0 Å². The smallest absolute Gasteiger partial charge is 0.251 e. The van der Waals surface area contributed by atoms with Gasteiger partial charge in [-0.3, -0.25) is 14.6 Å². The first-order chi connectivity index (χ1) is 8.75. The molecule has 92 valence electrons. The third kappa shape index (κ3) is 1.90. The van der Waals surface area contributed by atoms with Gasteiger partial charge in [-0.1, -0.05) is 0 Å². The van der Waals surface area contributed by atoms with E-state index in [1.165, 1.54) is 17.4 Å². The molecule has 5 heteroatoms. The lowest BCUT2D eigenvalue weighted by Crippen LogP contribution is -2.28. The van der Waals surface area contributed by atoms with Gasteiger partial charge in [-0.25, -0.2) is 0 Å². The van der Waals surface area contributed by atoms with Crippen molar-refractivity contribution in [1.82, 2.24) is 9.55 Å². The Morgan fingerprint density at radius 3 is 2.94 bits per heavy atom. The fourth-order valence-electron chi connectivity index (χ4n) is 2.34. The van der Waals surface area contributed by atoms with Crippen molar-refractivity contribution in [3.63, 3.8) is 0 Å². The summed E-state index contributed by atoms with van der Waals surface area (Å²) in [5.41, 5.74) is 3.30. The highest BCUT2D eigenvalue weighted by atomic mass is 32.1. The van der Waals surface area contributed by atoms with E-state index in [2.05, 4.69) is 4.98 Å². The molecule has 0 atom stereocenters. The molecular weight excluding hydrogens is 248 g/mol. The first-order valence-corrected chi connectivity index (χ1v) is 6.77. The van der Waals surface area contributed by atoms with Gasteiger partial charge in [-0.15, -0.1) is 11.3 Å². The normalized spacial score (nSPS) is 14.6. The van der Waals surface area contributed by atoms with Crippen molar-refractivity contribution >= 4 is 17.1 Å². The molecule has 1 aliphatic carbocycles. The Morgan fingerprint density at radius 1 is 1.28 bits per heavy atom. The van der Waals surface area contributed by atoms with Gasteiger partial charge < -0.3 is 4.57 Å². The number of aromatic nitrogens is 2. The average Bonchev–Trinajstić information content (AvgIpc) is 2.86. The van der Waals surface area contributed by atoms with Crippen molar-refractivity contribution in [2.24, 2.45) is 0 Å². The van der Waals surface area contributed by atoms with Crippen LogP contribution < -0.4 is 5.56 Å². The number of Topliss-reactive ketones (excluding diaryl/α,β-unsaturated/α-hetero) is 1. The molecule has 18 heavy (non-hydrogen) atoms. The number of carbonyl (C=O) groups excluding carboxylic acids is 1. The standard InChI is InChI=1S/C13H12N2O2S/c16-12-3-1-2-11-10(12)4-5-13(17)15(11)7-9-6-14-8-18-9/h4-6,8H,1-3,7H2. The van der Waals surface area contributed by atoms with E-state index < -0.39 is 0 Å². The summed E-state index contributed by atoms with van der Waals surface area (Å²) in [5, 5.41) is 0. The number of pyridine rings is 1. The lowest BCUT2D eigenvalue weighted by molar-refractivity contribution is 0.0970. The molecule has 0 fully saturated rings. The zero-order valence-electron chi connectivity index (χ0n) is 9.76. The summed E-state index contributed by atoms with van der Waals surface area (Å²) >= 11 is 1.52. The predicted molar refractivity (Wildman–Crippen MR) is 69.2 cm³/mol. The molecule has 0 N–H and O–H groups in total. The topological polar surface area (TPSA) is 52.0 Å². The van der Waals surface area contributed by atoms with Crippen LogP contribution >= 0.6 is 11.3 Å². The minimum Gasteiger partial charge on any atom is -0.307 e. The van der Waals surface area contributed by atoms with E-state index in [1.54, 1.807) is 22.3 Å². The first-order valence-electron chi connectivity index (χ1n) is 5.89. The molecule has 2 aromatic heterocycles. The van der Waals surface area contributed by atoms with Crippen LogP contribution in [0.2, 0.25) is 0 Å². The Labute approximate surface area is 108 Å². The van der Waals surface area contributed by atoms with Gasteiger partial charge in [0.1, 0.15) is 0 Å². The Morgan fingerprint density at radius 2 is 2.17 bits per heavy atom. The summed E-state index contributed by atoms with van der Waals surface area (Å²) in [6, 6.07) is 3.16. The number of fused-ring (bicyclic) bond motifs is 1. The summed E-state index contributed by atoms with van der Waals surface area (Å²) < 4.78 is 1.71. The zero-order chi connectivity index (χ0) is 12.5. The fraction of sp³-hybridized carbons (Fsp3) is 0.308. The second-order valence-electron chi connectivity index (χ2n) is 4.36. The monoisotopic (exact) mass is 260 g/mol. The summed E-state index contributed by atoms with van der Waals surface area (Å²) in [4.78, 5) is 28.8. The minimum atomic E-state index is -0.0446. The third-order valence-corrected chi connectivity index (χ3v) is 3.97. The van der Waals surface area contributed by atoms with Crippen LogP contribution in [0.1, 0.15) is 33.8 Å². The molecule has 2 aromatic rings. The molecule has 3 rings (SSSR count). The SMILES string of the molecule is O=C1CCCc2c1ccc(=O)n2Cc1cncs1. The van der Waals surface area contributed by atoms with Gasteiger partial charge in [-0.2, -0.15) is 0 Å². The highest BCUT2D eigenvalue weighted by Crippen LogP contribution is 2.20. The third-order valence-electron chi connectivity index (χ3n) is 3.21. The molecule has 0 radical (unpaired) electrons. The van der Waals surface area contributed by atoms with E-state index in [-0.39, 0.29) is 11.3 Å². The fourth-order valence-corrected chi connectivity index (χ4v) is 2.93. The average molecular weight is 260 g/mol. The lowest BCUT2D eigenvalue weighted by atomic mass is 9.94. The Balaban J connectivity index is 2.10. The van der Waals surface area contributed by atoms with E-state index in [0.717, 1.165) is 23.4 Å². The van der Waals surface area contributed by atoms with Gasteiger partial charge >= 0.3 is 0 Å². The molecule has 0 aromatic carbocycles. The molecule has 0 saturated heterocycles. The van der Waals surface area contributed by atoms with E-state index >= 15 is 0 Å². The number of hydrogen-bond donors (Lipinski definition) is 0. The molecule has 0 aliphatic heterocycles. The van der Waals surface area contributed by atoms with Crippen LogP contribution in [0.15, 0.2) is 28.6 Å². The molecule has 0 bridgehead atoms. The molecular formula is C13H12N2O2S. The van der Waals surface area contributed by atoms with Gasteiger partial charge in [0.15, 0.2) is 5.78 Å². The minimum absolute atomic E-state index is 0.0446. The first kappa shape index (κ1) is 11.3. The van der Waals surface area contributed by atoms with Crippen molar-refractivity contribution < 1.29 is 4.79 Å². The maximum atomic E-state index is 12.0. The maximum Gasteiger partial charge on any atom is 0.251 e. The van der Waals surface area contributed by atoms with Crippen molar-refractivity contribution in [2.45, 2.75) is 25.8 Å². The Bertz CT molecular complexity index is 644. The van der Waals surface area contributed by atoms with Crippen molar-refractivity contribution in [2.75, 3.05) is 0 Å². The molecule has 0 amide bonds.